The average molecular weight is 291 g/mol. The van der Waals surface area contributed by atoms with E-state index in [4.69, 9.17) is 10.1 Å². The van der Waals surface area contributed by atoms with Gasteiger partial charge in [-0.1, -0.05) is 0 Å². The molecule has 0 radical (unpaired) electrons. The first-order chi connectivity index (χ1) is 9.88. The third-order valence-electron chi connectivity index (χ3n) is 3.84. The maximum atomic E-state index is 9.06. The maximum absolute atomic E-state index is 9.06. The number of thioether (sulfide) groups is 1. The molecular formula is C15H21N3OS. The van der Waals surface area contributed by atoms with Crippen LogP contribution in [0.2, 0.25) is 0 Å². The van der Waals surface area contributed by atoms with Crippen molar-refractivity contribution < 1.29 is 5.11 Å². The molecule has 1 atom stereocenters. The highest BCUT2D eigenvalue weighted by Gasteiger charge is 2.18. The Labute approximate surface area is 123 Å². The number of aryl methyl sites for hydroxylation is 1. The van der Waals surface area contributed by atoms with Gasteiger partial charge >= 0.3 is 0 Å². The highest BCUT2D eigenvalue weighted by Crippen LogP contribution is 2.26. The van der Waals surface area contributed by atoms with E-state index in [9.17, 15) is 0 Å². The van der Waals surface area contributed by atoms with E-state index in [0.717, 1.165) is 42.3 Å². The maximum Gasteiger partial charge on any atom is 0.159 e. The molecule has 5 heteroatoms. The van der Waals surface area contributed by atoms with Gasteiger partial charge < -0.3 is 9.67 Å². The minimum atomic E-state index is 0.218. The fourth-order valence-corrected chi connectivity index (χ4v) is 3.98. The quantitative estimate of drug-likeness (QED) is 0.919. The van der Waals surface area contributed by atoms with Crippen LogP contribution < -0.4 is 0 Å². The molecule has 0 aliphatic carbocycles. The van der Waals surface area contributed by atoms with E-state index in [0.29, 0.717) is 0 Å². The minimum absolute atomic E-state index is 0.218. The number of rotatable bonds is 5. The molecular weight excluding hydrogens is 270 g/mol. The second kappa shape index (κ2) is 6.59. The summed E-state index contributed by atoms with van der Waals surface area (Å²) in [7, 11) is 0. The lowest BCUT2D eigenvalue weighted by atomic mass is 10.1. The first-order valence-corrected chi connectivity index (χ1v) is 8.52. The van der Waals surface area contributed by atoms with E-state index in [2.05, 4.69) is 21.3 Å². The van der Waals surface area contributed by atoms with Gasteiger partial charge in [0.25, 0.3) is 0 Å². The van der Waals surface area contributed by atoms with Gasteiger partial charge in [0.2, 0.25) is 0 Å². The number of aliphatic hydroxyl groups is 1. The van der Waals surface area contributed by atoms with Crippen LogP contribution in [0.25, 0.3) is 11.2 Å². The van der Waals surface area contributed by atoms with Gasteiger partial charge in [-0.2, -0.15) is 11.8 Å². The van der Waals surface area contributed by atoms with Gasteiger partial charge in [0.05, 0.1) is 0 Å². The van der Waals surface area contributed by atoms with Crippen LogP contribution in [0.3, 0.4) is 0 Å². The Bertz CT molecular complexity index is 563. The molecule has 0 bridgehead atoms. The van der Waals surface area contributed by atoms with Crippen LogP contribution in [0.5, 0.6) is 0 Å². The first-order valence-electron chi connectivity index (χ1n) is 7.37. The monoisotopic (exact) mass is 291 g/mol. The molecule has 0 aromatic carbocycles. The van der Waals surface area contributed by atoms with Crippen molar-refractivity contribution in [2.75, 3.05) is 18.1 Å². The zero-order chi connectivity index (χ0) is 13.8. The van der Waals surface area contributed by atoms with Crippen molar-refractivity contribution in [3.63, 3.8) is 0 Å². The molecule has 1 aliphatic rings. The number of hydrogen-bond acceptors (Lipinski definition) is 4. The molecule has 1 unspecified atom stereocenters. The number of hydrogen-bond donors (Lipinski definition) is 1. The van der Waals surface area contributed by atoms with Crippen molar-refractivity contribution in [2.45, 2.75) is 32.2 Å². The number of aliphatic hydroxyl groups excluding tert-OH is 1. The lowest BCUT2D eigenvalue weighted by Gasteiger charge is -2.22. The number of nitrogens with zero attached hydrogens (tertiary/aromatic N) is 3. The van der Waals surface area contributed by atoms with Crippen molar-refractivity contribution in [1.29, 1.82) is 0 Å². The first kappa shape index (κ1) is 13.9. The molecule has 0 saturated carbocycles. The third-order valence-corrected chi connectivity index (χ3v) is 5.12. The van der Waals surface area contributed by atoms with Gasteiger partial charge in [-0.05, 0) is 48.8 Å². The SMILES string of the molecule is OCCCc1nc2cccnc2n1CC1CCCSC1. The molecule has 3 rings (SSSR count). The molecule has 0 spiro atoms. The molecule has 0 amide bonds. The molecule has 1 fully saturated rings. The van der Waals surface area contributed by atoms with E-state index >= 15 is 0 Å². The summed E-state index contributed by atoms with van der Waals surface area (Å²) < 4.78 is 2.28. The van der Waals surface area contributed by atoms with Gasteiger partial charge in [-0.15, -0.1) is 0 Å². The van der Waals surface area contributed by atoms with E-state index in [-0.39, 0.29) is 6.61 Å². The van der Waals surface area contributed by atoms with Crippen LogP contribution in [0, 0.1) is 5.92 Å². The minimum Gasteiger partial charge on any atom is -0.396 e. The van der Waals surface area contributed by atoms with Crippen LogP contribution in [-0.2, 0) is 13.0 Å². The van der Waals surface area contributed by atoms with Gasteiger partial charge in [-0.3, -0.25) is 0 Å². The third kappa shape index (κ3) is 2.99. The van der Waals surface area contributed by atoms with E-state index in [1.54, 1.807) is 0 Å². The Kier molecular flexibility index (Phi) is 4.58. The van der Waals surface area contributed by atoms with Gasteiger partial charge in [0, 0.05) is 25.8 Å². The predicted octanol–water partition coefficient (Wildman–Crippen LogP) is 2.50. The predicted molar refractivity (Wildman–Crippen MR) is 83.0 cm³/mol. The molecule has 1 saturated heterocycles. The smallest absolute Gasteiger partial charge is 0.159 e. The Hall–Kier alpha value is -1.07. The summed E-state index contributed by atoms with van der Waals surface area (Å²) in [6.07, 6.45) is 6.06. The molecule has 4 nitrogen and oxygen atoms in total. The Balaban J connectivity index is 1.88. The normalized spacial score (nSPS) is 19.6. The Morgan fingerprint density at radius 1 is 1.45 bits per heavy atom. The van der Waals surface area contributed by atoms with Crippen molar-refractivity contribution in [3.05, 3.63) is 24.2 Å². The van der Waals surface area contributed by atoms with Gasteiger partial charge in [-0.25, -0.2) is 9.97 Å². The highest BCUT2D eigenvalue weighted by molar-refractivity contribution is 7.99. The molecule has 20 heavy (non-hydrogen) atoms. The summed E-state index contributed by atoms with van der Waals surface area (Å²) in [5.41, 5.74) is 1.97. The average Bonchev–Trinajstić information content (AvgIpc) is 2.84. The van der Waals surface area contributed by atoms with Gasteiger partial charge in [0.15, 0.2) is 5.65 Å². The largest absolute Gasteiger partial charge is 0.396 e. The zero-order valence-corrected chi connectivity index (χ0v) is 12.5. The second-order valence-electron chi connectivity index (χ2n) is 5.40. The van der Waals surface area contributed by atoms with E-state index in [1.807, 2.05) is 18.3 Å². The van der Waals surface area contributed by atoms with Crippen LogP contribution in [0.15, 0.2) is 18.3 Å². The summed E-state index contributed by atoms with van der Waals surface area (Å²) in [4.78, 5) is 9.20. The Morgan fingerprint density at radius 3 is 3.20 bits per heavy atom. The van der Waals surface area contributed by atoms with Crippen LogP contribution in [0.4, 0.5) is 0 Å². The van der Waals surface area contributed by atoms with E-state index in [1.165, 1.54) is 24.3 Å². The molecule has 2 aromatic heterocycles. The molecule has 1 N–H and O–H groups in total. The van der Waals surface area contributed by atoms with Crippen molar-refractivity contribution in [1.82, 2.24) is 14.5 Å². The van der Waals surface area contributed by atoms with Crippen LogP contribution in [-0.4, -0.2) is 37.8 Å². The van der Waals surface area contributed by atoms with Gasteiger partial charge in [0.1, 0.15) is 11.3 Å². The molecule has 1 aliphatic heterocycles. The molecule has 3 heterocycles. The standard InChI is InChI=1S/C15H21N3OS/c19-8-2-6-14-17-13-5-1-7-16-15(13)18(14)10-12-4-3-9-20-11-12/h1,5,7,12,19H,2-4,6,8-11H2. The lowest BCUT2D eigenvalue weighted by molar-refractivity contribution is 0.286. The summed E-state index contributed by atoms with van der Waals surface area (Å²) in [6.45, 7) is 1.23. The summed E-state index contributed by atoms with van der Waals surface area (Å²) in [5.74, 6) is 4.34. The number of pyridine rings is 1. The lowest BCUT2D eigenvalue weighted by Crippen LogP contribution is -2.19. The topological polar surface area (TPSA) is 50.9 Å². The van der Waals surface area contributed by atoms with Crippen LogP contribution in [0.1, 0.15) is 25.1 Å². The summed E-state index contributed by atoms with van der Waals surface area (Å²) in [6, 6.07) is 3.96. The number of fused-ring (bicyclic) bond motifs is 1. The van der Waals surface area contributed by atoms with Crippen molar-refractivity contribution in [2.24, 2.45) is 5.92 Å². The zero-order valence-electron chi connectivity index (χ0n) is 11.7. The van der Waals surface area contributed by atoms with E-state index < -0.39 is 0 Å². The molecule has 2 aromatic rings. The van der Waals surface area contributed by atoms with Crippen LogP contribution >= 0.6 is 11.8 Å². The van der Waals surface area contributed by atoms with Crippen molar-refractivity contribution in [3.8, 4) is 0 Å². The number of aromatic nitrogens is 3. The summed E-state index contributed by atoms with van der Waals surface area (Å²) in [5, 5.41) is 9.06. The highest BCUT2D eigenvalue weighted by atomic mass is 32.2. The second-order valence-corrected chi connectivity index (χ2v) is 6.54. The molecule has 108 valence electrons. The Morgan fingerprint density at radius 2 is 2.40 bits per heavy atom. The number of imidazole rings is 1. The van der Waals surface area contributed by atoms with Crippen molar-refractivity contribution >= 4 is 22.9 Å². The summed E-state index contributed by atoms with van der Waals surface area (Å²) >= 11 is 2.06. The fourth-order valence-electron chi connectivity index (χ4n) is 2.83. The fraction of sp³-hybridized carbons (Fsp3) is 0.600.